The van der Waals surface area contributed by atoms with E-state index < -0.39 is 17.9 Å². The lowest BCUT2D eigenvalue weighted by Crippen LogP contribution is -2.37. The molecule has 5 N–H and O–H groups in total. The molecule has 4 rings (SSSR count). The number of anilines is 1. The van der Waals surface area contributed by atoms with E-state index in [1.807, 2.05) is 6.19 Å². The van der Waals surface area contributed by atoms with Crippen molar-refractivity contribution in [1.29, 1.82) is 5.26 Å². The number of carboxylic acid groups (broad SMARTS) is 2. The second-order valence-corrected chi connectivity index (χ2v) is 11.4. The fourth-order valence-electron chi connectivity index (χ4n) is 6.73. The third-order valence-corrected chi connectivity index (χ3v) is 8.73. The SMILES string of the molecule is CC1=C(C(=O)O)C(c2cccc(NC(=NCCCN3CCC(C4CCCCC4)CC3)NC#N)c2)C(C(=O)O)=C(C)N1. The van der Waals surface area contributed by atoms with E-state index in [9.17, 15) is 25.1 Å². The van der Waals surface area contributed by atoms with Gasteiger partial charge in [0, 0.05) is 23.6 Å². The molecule has 2 fully saturated rings. The number of nitriles is 1. The van der Waals surface area contributed by atoms with Crippen LogP contribution in [0.5, 0.6) is 0 Å². The maximum Gasteiger partial charge on any atom is 0.334 e. The predicted molar refractivity (Wildman–Crippen MR) is 158 cm³/mol. The summed E-state index contributed by atoms with van der Waals surface area (Å²) < 4.78 is 0. The summed E-state index contributed by atoms with van der Waals surface area (Å²) in [5, 5.41) is 37.7. The Morgan fingerprint density at radius 1 is 1.02 bits per heavy atom. The average Bonchev–Trinajstić information content (AvgIpc) is 2.95. The third-order valence-electron chi connectivity index (χ3n) is 8.73. The van der Waals surface area contributed by atoms with Crippen molar-refractivity contribution in [2.75, 3.05) is 31.5 Å². The summed E-state index contributed by atoms with van der Waals surface area (Å²) in [7, 11) is 0. The first-order valence-electron chi connectivity index (χ1n) is 14.7. The molecule has 0 aromatic heterocycles. The lowest BCUT2D eigenvalue weighted by atomic mass is 9.76. The van der Waals surface area contributed by atoms with Crippen LogP contribution in [0.25, 0.3) is 0 Å². The molecule has 2 heterocycles. The summed E-state index contributed by atoms with van der Waals surface area (Å²) in [6.07, 6.45) is 12.4. The second-order valence-electron chi connectivity index (χ2n) is 11.4. The molecule has 1 aromatic carbocycles. The van der Waals surface area contributed by atoms with Crippen molar-refractivity contribution in [1.82, 2.24) is 15.5 Å². The first-order chi connectivity index (χ1) is 19.8. The van der Waals surface area contributed by atoms with Gasteiger partial charge in [-0.2, -0.15) is 5.26 Å². The number of carboxylic acids is 2. The number of rotatable bonds is 9. The van der Waals surface area contributed by atoms with E-state index in [0.29, 0.717) is 35.1 Å². The van der Waals surface area contributed by atoms with Crippen molar-refractivity contribution in [2.24, 2.45) is 16.8 Å². The fraction of sp³-hybridized carbons (Fsp3) is 0.548. The number of benzene rings is 1. The summed E-state index contributed by atoms with van der Waals surface area (Å²) in [6.45, 7) is 7.06. The van der Waals surface area contributed by atoms with Crippen LogP contribution in [0.15, 0.2) is 51.8 Å². The zero-order chi connectivity index (χ0) is 29.4. The lowest BCUT2D eigenvalue weighted by molar-refractivity contribution is -0.133. The number of likely N-dealkylation sites (tertiary alicyclic amines) is 1. The van der Waals surface area contributed by atoms with Crippen LogP contribution in [0, 0.1) is 23.3 Å². The topological polar surface area (TPSA) is 150 Å². The van der Waals surface area contributed by atoms with Crippen molar-refractivity contribution in [2.45, 2.75) is 71.1 Å². The number of dihydropyridines is 1. The molecule has 10 nitrogen and oxygen atoms in total. The van der Waals surface area contributed by atoms with Crippen molar-refractivity contribution in [3.05, 3.63) is 52.4 Å². The van der Waals surface area contributed by atoms with Gasteiger partial charge in [-0.25, -0.2) is 9.59 Å². The molecule has 0 radical (unpaired) electrons. The summed E-state index contributed by atoms with van der Waals surface area (Å²) in [4.78, 5) is 31.3. The van der Waals surface area contributed by atoms with Crippen LogP contribution in [0.2, 0.25) is 0 Å². The highest BCUT2D eigenvalue weighted by Gasteiger charge is 2.36. The Balaban J connectivity index is 1.38. The normalized spacial score (nSPS) is 20.0. The monoisotopic (exact) mass is 562 g/mol. The minimum atomic E-state index is -1.18. The molecule has 0 amide bonds. The summed E-state index contributed by atoms with van der Waals surface area (Å²) in [5.74, 6) is -1.22. The van der Waals surface area contributed by atoms with Crippen molar-refractivity contribution in [3.8, 4) is 6.19 Å². The number of nitrogens with zero attached hydrogens (tertiary/aromatic N) is 3. The molecule has 1 aliphatic carbocycles. The second kappa shape index (κ2) is 14.2. The number of aliphatic imine (C=N–C) groups is 1. The Morgan fingerprint density at radius 2 is 1.66 bits per heavy atom. The van der Waals surface area contributed by atoms with E-state index in [2.05, 4.69) is 25.8 Å². The standard InChI is InChI=1S/C31H42N6O4/c1-20-26(29(38)39)28(27(30(40)41)21(2)35-20)24-10-6-11-25(18-24)36-31(34-19-32)33-14-7-15-37-16-12-23(13-17-37)22-8-4-3-5-9-22/h6,10-11,18,22-23,28,35H,3-5,7-9,12-17H2,1-2H3,(H,38,39)(H,40,41)(H2,33,34,36). The highest BCUT2D eigenvalue weighted by atomic mass is 16.4. The Morgan fingerprint density at radius 3 is 2.27 bits per heavy atom. The van der Waals surface area contributed by atoms with Gasteiger partial charge in [-0.1, -0.05) is 44.2 Å². The molecule has 41 heavy (non-hydrogen) atoms. The number of carbonyl (C=O) groups is 2. The number of hydrogen-bond donors (Lipinski definition) is 5. The van der Waals surface area contributed by atoms with E-state index in [1.54, 1.807) is 38.1 Å². The smallest absolute Gasteiger partial charge is 0.334 e. The first kappa shape index (κ1) is 30.1. The minimum Gasteiger partial charge on any atom is -0.478 e. The molecule has 3 aliphatic rings. The molecular formula is C31H42N6O4. The molecular weight excluding hydrogens is 520 g/mol. The van der Waals surface area contributed by atoms with Crippen molar-refractivity contribution < 1.29 is 19.8 Å². The number of hydrogen-bond acceptors (Lipinski definition) is 6. The molecule has 10 heteroatoms. The van der Waals surface area contributed by atoms with Gasteiger partial charge in [0.05, 0.1) is 17.1 Å². The van der Waals surface area contributed by atoms with Crippen LogP contribution in [-0.4, -0.2) is 59.2 Å². The summed E-state index contributed by atoms with van der Waals surface area (Å²) >= 11 is 0. The van der Waals surface area contributed by atoms with Crippen LogP contribution in [-0.2, 0) is 9.59 Å². The van der Waals surface area contributed by atoms with Crippen LogP contribution >= 0.6 is 0 Å². The molecule has 1 aromatic rings. The zero-order valence-corrected chi connectivity index (χ0v) is 24.1. The summed E-state index contributed by atoms with van der Waals surface area (Å²) in [5.41, 5.74) is 1.84. The number of guanidine groups is 1. The fourth-order valence-corrected chi connectivity index (χ4v) is 6.73. The number of nitrogens with one attached hydrogen (secondary N) is 3. The molecule has 1 saturated heterocycles. The number of allylic oxidation sites excluding steroid dienone is 2. The van der Waals surface area contributed by atoms with Gasteiger partial charge in [-0.05, 0) is 82.3 Å². The highest BCUT2D eigenvalue weighted by molar-refractivity contribution is 5.99. The van der Waals surface area contributed by atoms with Gasteiger partial charge in [0.25, 0.3) is 0 Å². The van der Waals surface area contributed by atoms with Crippen LogP contribution in [0.4, 0.5) is 5.69 Å². The van der Waals surface area contributed by atoms with Gasteiger partial charge in [0.15, 0.2) is 6.19 Å². The van der Waals surface area contributed by atoms with Crippen LogP contribution < -0.4 is 16.0 Å². The van der Waals surface area contributed by atoms with Gasteiger partial charge in [0.2, 0.25) is 5.96 Å². The Bertz CT molecular complexity index is 1210. The largest absolute Gasteiger partial charge is 0.478 e. The zero-order valence-electron chi connectivity index (χ0n) is 24.1. The van der Waals surface area contributed by atoms with E-state index in [-0.39, 0.29) is 11.1 Å². The molecule has 220 valence electrons. The Kier molecular flexibility index (Phi) is 10.4. The average molecular weight is 563 g/mol. The Labute approximate surface area is 242 Å². The van der Waals surface area contributed by atoms with Gasteiger partial charge in [-0.3, -0.25) is 10.3 Å². The van der Waals surface area contributed by atoms with Crippen LogP contribution in [0.1, 0.15) is 76.7 Å². The highest BCUT2D eigenvalue weighted by Crippen LogP contribution is 2.39. The van der Waals surface area contributed by atoms with E-state index in [1.165, 1.54) is 44.9 Å². The van der Waals surface area contributed by atoms with Crippen molar-refractivity contribution >= 4 is 23.6 Å². The maximum absolute atomic E-state index is 12.1. The summed E-state index contributed by atoms with van der Waals surface area (Å²) in [6, 6.07) is 6.90. The number of aliphatic carboxylic acids is 2. The van der Waals surface area contributed by atoms with Crippen molar-refractivity contribution in [3.63, 3.8) is 0 Å². The van der Waals surface area contributed by atoms with Gasteiger partial charge >= 0.3 is 11.9 Å². The van der Waals surface area contributed by atoms with Crippen LogP contribution in [0.3, 0.4) is 0 Å². The molecule has 0 unspecified atom stereocenters. The molecule has 0 atom stereocenters. The lowest BCUT2D eigenvalue weighted by Gasteiger charge is -2.37. The van der Waals surface area contributed by atoms with Gasteiger partial charge in [0.1, 0.15) is 0 Å². The van der Waals surface area contributed by atoms with Gasteiger partial charge in [-0.15, -0.1) is 0 Å². The maximum atomic E-state index is 12.1. The van der Waals surface area contributed by atoms with E-state index >= 15 is 0 Å². The number of piperidine rings is 1. The van der Waals surface area contributed by atoms with Gasteiger partial charge < -0.3 is 25.7 Å². The molecule has 1 saturated carbocycles. The van der Waals surface area contributed by atoms with E-state index in [0.717, 1.165) is 37.9 Å². The molecule has 0 spiro atoms. The van der Waals surface area contributed by atoms with E-state index in [4.69, 9.17) is 0 Å². The Hall–Kier alpha value is -3.84. The molecule has 0 bridgehead atoms. The molecule has 2 aliphatic heterocycles. The predicted octanol–water partition coefficient (Wildman–Crippen LogP) is 4.61. The quantitative estimate of drug-likeness (QED) is 0.0955. The minimum absolute atomic E-state index is 0.0167. The third kappa shape index (κ3) is 7.67. The first-order valence-corrected chi connectivity index (χ1v) is 14.7.